The molecule has 0 amide bonds. The molecule has 4 aliphatic rings. The minimum Gasteiger partial charge on any atom is -0.393 e. The molecule has 1 heterocycles. The molecule has 206 valence electrons. The van der Waals surface area contributed by atoms with E-state index < -0.39 is 10.3 Å². The maximum atomic E-state index is 11.4. The lowest BCUT2D eigenvalue weighted by Gasteiger charge is -2.60. The predicted molar refractivity (Wildman–Crippen MR) is 149 cm³/mol. The zero-order chi connectivity index (χ0) is 26.3. The number of likely N-dealkylation sites (tertiary alicyclic amines) is 1. The Morgan fingerprint density at radius 2 is 1.95 bits per heavy atom. The molecule has 3 aliphatic carbocycles. The number of anilines is 1. The first-order valence-electron chi connectivity index (χ1n) is 14.6. The summed E-state index contributed by atoms with van der Waals surface area (Å²) in [7, 11) is -4.30. The van der Waals surface area contributed by atoms with Gasteiger partial charge in [0.05, 0.1) is 11.8 Å². The Bertz CT molecular complexity index is 1090. The van der Waals surface area contributed by atoms with E-state index in [1.165, 1.54) is 69.3 Å². The van der Waals surface area contributed by atoms with Gasteiger partial charge < -0.3 is 10.0 Å². The monoisotopic (exact) mass is 530 g/mol. The van der Waals surface area contributed by atoms with Crippen molar-refractivity contribution in [2.24, 2.45) is 22.7 Å². The van der Waals surface area contributed by atoms with E-state index in [-0.39, 0.29) is 16.9 Å². The summed E-state index contributed by atoms with van der Waals surface area (Å²) in [4.78, 5) is 2.63. The maximum absolute atomic E-state index is 11.4. The fraction of sp³-hybridized carbons (Fsp3) is 0.733. The molecular weight excluding hydrogens is 484 g/mol. The summed E-state index contributed by atoms with van der Waals surface area (Å²) >= 11 is 0. The van der Waals surface area contributed by atoms with Crippen molar-refractivity contribution < 1.29 is 18.1 Å². The number of hydrogen-bond acceptors (Lipinski definition) is 4. The molecule has 0 radical (unpaired) electrons. The molecule has 6 atom stereocenters. The average molecular weight is 531 g/mol. The van der Waals surface area contributed by atoms with Crippen molar-refractivity contribution in [3.63, 3.8) is 0 Å². The Balaban J connectivity index is 1.38. The highest BCUT2D eigenvalue weighted by molar-refractivity contribution is 7.87. The predicted octanol–water partition coefficient (Wildman–Crippen LogP) is 5.95. The molecule has 0 spiro atoms. The van der Waals surface area contributed by atoms with Crippen molar-refractivity contribution in [1.82, 2.24) is 4.90 Å². The van der Waals surface area contributed by atoms with Gasteiger partial charge in [-0.05, 0) is 129 Å². The SMILES string of the molecule is C=C[C@@]12CCc3cc(NS(=O)(=O)O)ccc3[C@H]1[C@@H](CCCCCN1CCCCC1)C[C@@]1(C)[C@H]2CC[C@@H]1O. The van der Waals surface area contributed by atoms with Gasteiger partial charge in [0, 0.05) is 0 Å². The highest BCUT2D eigenvalue weighted by atomic mass is 32.2. The minimum absolute atomic E-state index is 0.0477. The molecule has 7 heteroatoms. The van der Waals surface area contributed by atoms with Gasteiger partial charge in [-0.3, -0.25) is 9.27 Å². The van der Waals surface area contributed by atoms with Crippen LogP contribution in [0.5, 0.6) is 0 Å². The molecule has 5 rings (SSSR count). The summed E-state index contributed by atoms with van der Waals surface area (Å²) in [6.07, 6.45) is 15.7. The van der Waals surface area contributed by atoms with Gasteiger partial charge in [0.25, 0.3) is 0 Å². The molecule has 1 aromatic carbocycles. The fourth-order valence-electron chi connectivity index (χ4n) is 9.02. The van der Waals surface area contributed by atoms with E-state index in [1.54, 1.807) is 6.07 Å². The van der Waals surface area contributed by atoms with E-state index in [2.05, 4.69) is 35.3 Å². The number of nitrogens with zero attached hydrogens (tertiary/aromatic N) is 1. The number of aryl methyl sites for hydroxylation is 1. The lowest BCUT2D eigenvalue weighted by Crippen LogP contribution is -2.54. The van der Waals surface area contributed by atoms with Crippen molar-refractivity contribution in [3.8, 4) is 0 Å². The summed E-state index contributed by atoms with van der Waals surface area (Å²) in [6, 6.07) is 5.78. The number of benzene rings is 1. The van der Waals surface area contributed by atoms with Gasteiger partial charge in [-0.15, -0.1) is 6.58 Å². The maximum Gasteiger partial charge on any atom is 0.357 e. The molecule has 0 aromatic heterocycles. The number of nitrogens with one attached hydrogen (secondary N) is 1. The lowest BCUT2D eigenvalue weighted by molar-refractivity contribution is -0.0812. The van der Waals surface area contributed by atoms with Crippen LogP contribution in [0.4, 0.5) is 5.69 Å². The molecule has 1 saturated heterocycles. The van der Waals surface area contributed by atoms with Crippen LogP contribution < -0.4 is 4.72 Å². The number of hydrogen-bond donors (Lipinski definition) is 3. The second kappa shape index (κ2) is 10.6. The second-order valence-electron chi connectivity index (χ2n) is 12.7. The molecule has 1 aromatic rings. The lowest BCUT2D eigenvalue weighted by atomic mass is 9.44. The summed E-state index contributed by atoms with van der Waals surface area (Å²) in [5.74, 6) is 1.21. The van der Waals surface area contributed by atoms with Crippen LogP contribution in [0, 0.1) is 22.7 Å². The Morgan fingerprint density at radius 3 is 2.68 bits per heavy atom. The van der Waals surface area contributed by atoms with Crippen LogP contribution in [0.25, 0.3) is 0 Å². The molecule has 0 unspecified atom stereocenters. The normalized spacial score (nSPS) is 35.9. The van der Waals surface area contributed by atoms with Crippen molar-refractivity contribution in [3.05, 3.63) is 42.0 Å². The van der Waals surface area contributed by atoms with E-state index in [0.717, 1.165) is 38.5 Å². The first-order valence-corrected chi connectivity index (χ1v) is 16.0. The number of aliphatic hydroxyl groups excluding tert-OH is 1. The molecule has 6 nitrogen and oxygen atoms in total. The van der Waals surface area contributed by atoms with E-state index >= 15 is 0 Å². The third kappa shape index (κ3) is 5.26. The Morgan fingerprint density at radius 1 is 1.16 bits per heavy atom. The standard InChI is InChI=1S/C30H46N2O4S/c1-3-30-16-15-22-20-24(31-37(34,35)36)11-12-25(22)28(30)23(21-29(2)26(30)13-14-27(29)33)10-6-4-7-17-32-18-8-5-9-19-32/h3,11-12,20,23,26-28,31,33H,1,4-10,13-19,21H2,2H3,(H,34,35,36)/t23-,26+,27-,28+,29-,30-/m0/s1. The Labute approximate surface area is 223 Å². The fourth-order valence-corrected chi connectivity index (χ4v) is 9.44. The molecule has 2 saturated carbocycles. The van der Waals surface area contributed by atoms with Gasteiger partial charge in [-0.2, -0.15) is 8.42 Å². The van der Waals surface area contributed by atoms with Crippen LogP contribution in [0.3, 0.4) is 0 Å². The summed E-state index contributed by atoms with van der Waals surface area (Å²) in [6.45, 7) is 10.5. The second-order valence-corrected chi connectivity index (χ2v) is 13.8. The smallest absolute Gasteiger partial charge is 0.357 e. The van der Waals surface area contributed by atoms with E-state index in [0.29, 0.717) is 23.4 Å². The van der Waals surface area contributed by atoms with Crippen molar-refractivity contribution in [2.45, 2.75) is 96.0 Å². The highest BCUT2D eigenvalue weighted by Crippen LogP contribution is 2.69. The van der Waals surface area contributed by atoms with Crippen LogP contribution >= 0.6 is 0 Å². The molecule has 3 fully saturated rings. The number of rotatable bonds is 9. The first kappa shape index (κ1) is 27.2. The number of piperidine rings is 1. The summed E-state index contributed by atoms with van der Waals surface area (Å²) in [5.41, 5.74) is 2.78. The van der Waals surface area contributed by atoms with E-state index in [1.807, 2.05) is 6.07 Å². The number of allylic oxidation sites excluding steroid dienone is 1. The van der Waals surface area contributed by atoms with E-state index in [4.69, 9.17) is 0 Å². The Hall–Kier alpha value is -1.41. The van der Waals surface area contributed by atoms with Crippen LogP contribution in [0.2, 0.25) is 0 Å². The highest BCUT2D eigenvalue weighted by Gasteiger charge is 2.63. The van der Waals surface area contributed by atoms with Crippen molar-refractivity contribution >= 4 is 16.0 Å². The van der Waals surface area contributed by atoms with Crippen LogP contribution in [0.1, 0.15) is 94.6 Å². The van der Waals surface area contributed by atoms with Gasteiger partial charge >= 0.3 is 10.3 Å². The van der Waals surface area contributed by atoms with Crippen molar-refractivity contribution in [1.29, 1.82) is 0 Å². The zero-order valence-electron chi connectivity index (χ0n) is 22.5. The third-order valence-electron chi connectivity index (χ3n) is 10.6. The molecule has 3 N–H and O–H groups in total. The molecule has 37 heavy (non-hydrogen) atoms. The summed E-state index contributed by atoms with van der Waals surface area (Å²) < 4.78 is 34.3. The van der Waals surface area contributed by atoms with Crippen LogP contribution in [-0.4, -0.2) is 48.7 Å². The molecule has 0 bridgehead atoms. The van der Waals surface area contributed by atoms with E-state index in [9.17, 15) is 18.1 Å². The quantitative estimate of drug-likeness (QED) is 0.209. The summed E-state index contributed by atoms with van der Waals surface area (Å²) in [5, 5.41) is 11.2. The average Bonchev–Trinajstić information content (AvgIpc) is 3.17. The third-order valence-corrected chi connectivity index (χ3v) is 11.1. The number of fused-ring (bicyclic) bond motifs is 5. The van der Waals surface area contributed by atoms with Crippen LogP contribution in [-0.2, 0) is 16.7 Å². The van der Waals surface area contributed by atoms with Gasteiger partial charge in [0.2, 0.25) is 0 Å². The zero-order valence-corrected chi connectivity index (χ0v) is 23.3. The first-order chi connectivity index (χ1) is 17.7. The number of unbranched alkanes of at least 4 members (excludes halogenated alkanes) is 2. The molecule has 1 aliphatic heterocycles. The Kier molecular flexibility index (Phi) is 7.81. The van der Waals surface area contributed by atoms with Gasteiger partial charge in [-0.25, -0.2) is 0 Å². The number of aliphatic hydroxyl groups is 1. The van der Waals surface area contributed by atoms with Crippen LogP contribution in [0.15, 0.2) is 30.9 Å². The minimum atomic E-state index is -4.30. The van der Waals surface area contributed by atoms with Gasteiger partial charge in [0.1, 0.15) is 0 Å². The topological polar surface area (TPSA) is 89.9 Å². The largest absolute Gasteiger partial charge is 0.393 e. The van der Waals surface area contributed by atoms with Crippen molar-refractivity contribution in [2.75, 3.05) is 24.4 Å². The molecular formula is C30H46N2O4S. The van der Waals surface area contributed by atoms with Gasteiger partial charge in [-0.1, -0.05) is 38.3 Å². The van der Waals surface area contributed by atoms with Gasteiger partial charge in [0.15, 0.2) is 0 Å².